The molecule has 0 spiro atoms. The summed E-state index contributed by atoms with van der Waals surface area (Å²) in [4.78, 5) is 27.5. The molecule has 0 unspecified atom stereocenters. The van der Waals surface area contributed by atoms with E-state index in [1.165, 1.54) is 4.90 Å². The molecule has 3 amide bonds. The molecule has 34 heavy (non-hydrogen) atoms. The number of aryl methyl sites for hydroxylation is 1. The van der Waals surface area contributed by atoms with Crippen molar-refractivity contribution in [2.24, 2.45) is 0 Å². The van der Waals surface area contributed by atoms with Gasteiger partial charge < -0.3 is 15.5 Å². The first-order valence-corrected chi connectivity index (χ1v) is 12.2. The van der Waals surface area contributed by atoms with Gasteiger partial charge in [-0.25, -0.2) is 9.48 Å². The molecule has 8 heteroatoms. The summed E-state index contributed by atoms with van der Waals surface area (Å²) in [5.74, 6) is 0.290. The number of carbonyl (C=O) groups is 2. The Morgan fingerprint density at radius 3 is 2.38 bits per heavy atom. The third-order valence-corrected chi connectivity index (χ3v) is 6.01. The lowest BCUT2D eigenvalue weighted by molar-refractivity contribution is -0.116. The van der Waals surface area contributed by atoms with Crippen LogP contribution in [0, 0.1) is 6.92 Å². The minimum absolute atomic E-state index is 0.0755. The molecule has 0 atom stereocenters. The minimum atomic E-state index is -0.327. The van der Waals surface area contributed by atoms with E-state index < -0.39 is 0 Å². The quantitative estimate of drug-likeness (QED) is 0.389. The van der Waals surface area contributed by atoms with Gasteiger partial charge in [0.2, 0.25) is 5.91 Å². The normalized spacial score (nSPS) is 11.2. The number of amides is 3. The number of anilines is 2. The van der Waals surface area contributed by atoms with Crippen molar-refractivity contribution in [2.75, 3.05) is 23.7 Å². The zero-order chi connectivity index (χ0) is 24.9. The van der Waals surface area contributed by atoms with E-state index in [0.717, 1.165) is 27.8 Å². The van der Waals surface area contributed by atoms with Crippen LogP contribution in [0.3, 0.4) is 0 Å². The average Bonchev–Trinajstić information content (AvgIpc) is 3.19. The van der Waals surface area contributed by atoms with Crippen molar-refractivity contribution >= 4 is 39.4 Å². The smallest absolute Gasteiger partial charge is 0.315 e. The third-order valence-electron chi connectivity index (χ3n) is 5.32. The minimum Gasteiger partial charge on any atom is -0.315 e. The maximum Gasteiger partial charge on any atom is 0.322 e. The van der Waals surface area contributed by atoms with Crippen LogP contribution in [0.1, 0.15) is 45.4 Å². The average molecular weight is 526 g/mol. The lowest BCUT2D eigenvalue weighted by Crippen LogP contribution is -2.41. The fraction of sp³-hybridized carbons (Fsp3) is 0.346. The molecule has 0 radical (unpaired) electrons. The molecule has 2 aromatic carbocycles. The van der Waals surface area contributed by atoms with Crippen LogP contribution in [-0.4, -0.2) is 39.7 Å². The highest BCUT2D eigenvalue weighted by molar-refractivity contribution is 9.10. The number of aromatic nitrogens is 2. The third kappa shape index (κ3) is 6.26. The Balaban J connectivity index is 1.82. The van der Waals surface area contributed by atoms with Gasteiger partial charge in [-0.15, -0.1) is 0 Å². The van der Waals surface area contributed by atoms with Crippen LogP contribution in [0.5, 0.6) is 0 Å². The summed E-state index contributed by atoms with van der Waals surface area (Å²) in [7, 11) is 0. The fourth-order valence-electron chi connectivity index (χ4n) is 3.46. The van der Waals surface area contributed by atoms with Gasteiger partial charge >= 0.3 is 6.03 Å². The highest BCUT2D eigenvalue weighted by Gasteiger charge is 2.23. The van der Waals surface area contributed by atoms with E-state index in [1.54, 1.807) is 10.7 Å². The number of rotatable bonds is 7. The van der Waals surface area contributed by atoms with Crippen molar-refractivity contribution in [3.63, 3.8) is 0 Å². The zero-order valence-electron chi connectivity index (χ0n) is 20.4. The molecule has 0 aliphatic carbocycles. The van der Waals surface area contributed by atoms with E-state index in [4.69, 9.17) is 5.10 Å². The number of nitrogens with one attached hydrogen (secondary N) is 2. The first kappa shape index (κ1) is 25.5. The molecule has 0 bridgehead atoms. The van der Waals surface area contributed by atoms with Gasteiger partial charge in [-0.2, -0.15) is 5.10 Å². The van der Waals surface area contributed by atoms with Crippen LogP contribution < -0.4 is 10.6 Å². The van der Waals surface area contributed by atoms with Gasteiger partial charge in [0.15, 0.2) is 0 Å². The first-order chi connectivity index (χ1) is 16.1. The molecule has 1 heterocycles. The van der Waals surface area contributed by atoms with E-state index in [2.05, 4.69) is 47.3 Å². The predicted molar refractivity (Wildman–Crippen MR) is 141 cm³/mol. The molecule has 0 saturated carbocycles. The van der Waals surface area contributed by atoms with Crippen LogP contribution in [0.4, 0.5) is 16.3 Å². The van der Waals surface area contributed by atoms with Gasteiger partial charge in [-0.05, 0) is 53.0 Å². The van der Waals surface area contributed by atoms with Gasteiger partial charge in [0.25, 0.3) is 0 Å². The van der Waals surface area contributed by atoms with Gasteiger partial charge in [0.1, 0.15) is 12.4 Å². The first-order valence-electron chi connectivity index (χ1n) is 11.4. The fourth-order valence-corrected chi connectivity index (χ4v) is 3.84. The number of hydrogen-bond acceptors (Lipinski definition) is 3. The molecule has 0 aliphatic heterocycles. The van der Waals surface area contributed by atoms with E-state index in [9.17, 15) is 9.59 Å². The molecule has 7 nitrogen and oxygen atoms in total. The SMILES string of the molecule is CCCN(CC(=O)Nc1cc(C(C)(C)C)nn1-c1ccccc1C)C(=O)Nc1ccccc1Br. The van der Waals surface area contributed by atoms with E-state index in [0.29, 0.717) is 18.1 Å². The molecule has 2 N–H and O–H groups in total. The summed E-state index contributed by atoms with van der Waals surface area (Å²) in [6, 6.07) is 16.8. The van der Waals surface area contributed by atoms with Gasteiger partial charge in [-0.3, -0.25) is 4.79 Å². The van der Waals surface area contributed by atoms with Crippen molar-refractivity contribution in [1.29, 1.82) is 0 Å². The number of hydrogen-bond donors (Lipinski definition) is 2. The molecule has 1 aromatic heterocycles. The van der Waals surface area contributed by atoms with Crippen molar-refractivity contribution in [1.82, 2.24) is 14.7 Å². The van der Waals surface area contributed by atoms with Gasteiger partial charge in [0.05, 0.1) is 17.1 Å². The zero-order valence-corrected chi connectivity index (χ0v) is 21.9. The van der Waals surface area contributed by atoms with Crippen LogP contribution in [0.25, 0.3) is 5.69 Å². The summed E-state index contributed by atoms with van der Waals surface area (Å²) in [6.07, 6.45) is 0.728. The molecule has 3 aromatic rings. The van der Waals surface area contributed by atoms with E-state index >= 15 is 0 Å². The number of halogens is 1. The topological polar surface area (TPSA) is 79.3 Å². The number of benzene rings is 2. The summed E-state index contributed by atoms with van der Waals surface area (Å²) in [5.41, 5.74) is 3.27. The summed E-state index contributed by atoms with van der Waals surface area (Å²) < 4.78 is 2.54. The molecule has 0 saturated heterocycles. The van der Waals surface area contributed by atoms with Gasteiger partial charge in [0, 0.05) is 22.5 Å². The summed E-state index contributed by atoms with van der Waals surface area (Å²) >= 11 is 3.44. The second-order valence-corrected chi connectivity index (χ2v) is 10.1. The van der Waals surface area contributed by atoms with Crippen molar-refractivity contribution in [3.8, 4) is 5.69 Å². The second kappa shape index (κ2) is 10.9. The predicted octanol–water partition coefficient (Wildman–Crippen LogP) is 6.12. The lowest BCUT2D eigenvalue weighted by Gasteiger charge is -2.22. The number of para-hydroxylation sites is 2. The largest absolute Gasteiger partial charge is 0.322 e. The Bertz CT molecular complexity index is 1170. The van der Waals surface area contributed by atoms with Crippen LogP contribution in [-0.2, 0) is 10.2 Å². The standard InChI is InChI=1S/C26H32BrN5O2/c1-6-15-31(25(34)28-20-13-9-8-12-19(20)27)17-24(33)29-23-16-22(26(3,4)5)30-32(23)21-14-10-7-11-18(21)2/h7-14,16H,6,15,17H2,1-5H3,(H,28,34)(H,29,33). The second-order valence-electron chi connectivity index (χ2n) is 9.24. The summed E-state index contributed by atoms with van der Waals surface area (Å²) in [6.45, 7) is 10.6. The number of carbonyl (C=O) groups excluding carboxylic acids is 2. The lowest BCUT2D eigenvalue weighted by atomic mass is 9.92. The van der Waals surface area contributed by atoms with Crippen LogP contribution in [0.15, 0.2) is 59.1 Å². The maximum absolute atomic E-state index is 13.1. The Morgan fingerprint density at radius 2 is 1.74 bits per heavy atom. The Labute approximate surface area is 209 Å². The molecule has 180 valence electrons. The monoisotopic (exact) mass is 525 g/mol. The van der Waals surface area contributed by atoms with Crippen LogP contribution in [0.2, 0.25) is 0 Å². The van der Waals surface area contributed by atoms with Crippen molar-refractivity contribution < 1.29 is 9.59 Å². The Kier molecular flexibility index (Phi) is 8.15. The highest BCUT2D eigenvalue weighted by Crippen LogP contribution is 2.27. The Morgan fingerprint density at radius 1 is 1.06 bits per heavy atom. The van der Waals surface area contributed by atoms with E-state index in [-0.39, 0.29) is 23.9 Å². The molecule has 0 fully saturated rings. The number of nitrogens with zero attached hydrogens (tertiary/aromatic N) is 3. The molecular formula is C26H32BrN5O2. The Hall–Kier alpha value is -3.13. The molecular weight excluding hydrogens is 494 g/mol. The maximum atomic E-state index is 13.1. The molecule has 3 rings (SSSR count). The highest BCUT2D eigenvalue weighted by atomic mass is 79.9. The molecule has 0 aliphatic rings. The number of urea groups is 1. The van der Waals surface area contributed by atoms with Crippen molar-refractivity contribution in [2.45, 2.75) is 46.5 Å². The van der Waals surface area contributed by atoms with Crippen LogP contribution >= 0.6 is 15.9 Å². The van der Waals surface area contributed by atoms with Crippen molar-refractivity contribution in [3.05, 3.63) is 70.3 Å². The summed E-state index contributed by atoms with van der Waals surface area (Å²) in [5, 5.41) is 10.6. The van der Waals surface area contributed by atoms with E-state index in [1.807, 2.05) is 62.4 Å². The van der Waals surface area contributed by atoms with Gasteiger partial charge in [-0.1, -0.05) is 58.0 Å².